The summed E-state index contributed by atoms with van der Waals surface area (Å²) in [4.78, 5) is 58.9. The first-order valence-electron chi connectivity index (χ1n) is 15.3. The number of cyclic esters (lactones) is 1. The number of likely N-dealkylation sites (tertiary alicyclic amines) is 1. The second-order valence-electron chi connectivity index (χ2n) is 11.9. The van der Waals surface area contributed by atoms with E-state index in [0.717, 1.165) is 0 Å². The van der Waals surface area contributed by atoms with E-state index in [1.807, 2.05) is 42.5 Å². The van der Waals surface area contributed by atoms with Crippen LogP contribution in [0.1, 0.15) is 37.9 Å². The third kappa shape index (κ3) is 5.67. The smallest absolute Gasteiger partial charge is 0.313 e. The van der Waals surface area contributed by atoms with Crippen molar-refractivity contribution in [1.29, 1.82) is 0 Å². The molecule has 6 rings (SSSR count). The number of hydrogen-bond acceptors (Lipinski definition) is 7. The maximum absolute atomic E-state index is 14.6. The van der Waals surface area contributed by atoms with Gasteiger partial charge in [0.25, 0.3) is 5.91 Å². The van der Waals surface area contributed by atoms with Crippen LogP contribution in [0, 0.1) is 11.8 Å². The quantitative estimate of drug-likeness (QED) is 0.382. The molecule has 2 saturated heterocycles. The number of anilines is 1. The van der Waals surface area contributed by atoms with Gasteiger partial charge in [-0.25, -0.2) is 0 Å². The topological polar surface area (TPSA) is 125 Å². The van der Waals surface area contributed by atoms with Gasteiger partial charge in [-0.15, -0.1) is 0 Å². The average Bonchev–Trinajstić information content (AvgIpc) is 3.68. The molecule has 0 saturated carbocycles. The van der Waals surface area contributed by atoms with Crippen molar-refractivity contribution in [3.8, 4) is 0 Å². The van der Waals surface area contributed by atoms with E-state index < -0.39 is 59.5 Å². The minimum Gasteiger partial charge on any atom is -0.455 e. The van der Waals surface area contributed by atoms with Gasteiger partial charge in [-0.05, 0) is 49.6 Å². The highest BCUT2D eigenvalue weighted by Gasteiger charge is 2.73. The predicted octanol–water partition coefficient (Wildman–Crippen LogP) is 3.35. The largest absolute Gasteiger partial charge is 0.455 e. The van der Waals surface area contributed by atoms with Gasteiger partial charge in [-0.2, -0.15) is 0 Å². The first kappa shape index (κ1) is 31.0. The molecule has 2 aromatic carbocycles. The number of carbonyl (C=O) groups is 4. The fourth-order valence-electron chi connectivity index (χ4n) is 7.01. The lowest BCUT2D eigenvalue weighted by Crippen LogP contribution is -2.56. The van der Waals surface area contributed by atoms with Gasteiger partial charge in [0.1, 0.15) is 23.7 Å². The maximum atomic E-state index is 14.6. The van der Waals surface area contributed by atoms with Gasteiger partial charge in [0.2, 0.25) is 11.8 Å². The molecule has 2 fully saturated rings. The van der Waals surface area contributed by atoms with Crippen LogP contribution in [0.4, 0.5) is 5.69 Å². The number of rotatable bonds is 5. The Labute approximate surface area is 266 Å². The second-order valence-corrected chi connectivity index (χ2v) is 12.3. The van der Waals surface area contributed by atoms with Crippen molar-refractivity contribution in [3.63, 3.8) is 0 Å². The minimum atomic E-state index is -1.40. The fourth-order valence-corrected chi connectivity index (χ4v) is 7.13. The van der Waals surface area contributed by atoms with Crippen LogP contribution in [-0.2, 0) is 28.7 Å². The van der Waals surface area contributed by atoms with Gasteiger partial charge in [0.15, 0.2) is 0 Å². The zero-order chi connectivity index (χ0) is 31.7. The fraction of sp³-hybridized carbons (Fsp3) is 0.412. The molecule has 3 amide bonds. The molecule has 0 unspecified atom stereocenters. The summed E-state index contributed by atoms with van der Waals surface area (Å²) in [5.41, 5.74) is -0.145. The normalized spacial score (nSPS) is 32.4. The van der Waals surface area contributed by atoms with E-state index in [1.54, 1.807) is 48.2 Å². The number of aliphatic hydroxyl groups is 1. The van der Waals surface area contributed by atoms with Gasteiger partial charge in [0.05, 0.1) is 18.1 Å². The molecule has 4 aliphatic heterocycles. The second kappa shape index (κ2) is 12.8. The molecule has 11 heteroatoms. The first-order valence-corrected chi connectivity index (χ1v) is 15.7. The number of amides is 3. The lowest BCUT2D eigenvalue weighted by atomic mass is 9.74. The Balaban J connectivity index is 1.43. The molecule has 0 aliphatic carbocycles. The molecule has 4 heterocycles. The van der Waals surface area contributed by atoms with Crippen LogP contribution in [-0.4, -0.2) is 77.2 Å². The Kier molecular flexibility index (Phi) is 8.81. The number of nitrogens with one attached hydrogen (secondary N) is 1. The number of nitrogens with zero attached hydrogens (tertiary/aromatic N) is 2. The van der Waals surface area contributed by atoms with E-state index in [2.05, 4.69) is 5.32 Å². The van der Waals surface area contributed by atoms with Crippen LogP contribution in [0.3, 0.4) is 0 Å². The third-order valence-corrected chi connectivity index (χ3v) is 9.30. The molecular formula is C34H36ClN3O7. The molecule has 1 spiro atoms. The standard InChI is InChI=1S/C34H36ClN3O7/c1-21-29(22-9-4-2-5-10-22)44-33(43)27-25-16-17-34(45-25)28(27)31(41)38(19-8-20-39)30(34)32(42)37(24-14-12-23(35)13-15-24)18-7-3-6-11-26(40)36-21/h2-5,7,9-10,12-17,21,25,27-30,39H,6,8,11,18-20H2,1H3,(H,36,40)/b7-3-/t21-,25+,27-,28-,29+,30+,34-/m1/s1. The highest BCUT2D eigenvalue weighted by atomic mass is 35.5. The van der Waals surface area contributed by atoms with Crippen molar-refractivity contribution >= 4 is 41.0 Å². The molecule has 236 valence electrons. The van der Waals surface area contributed by atoms with E-state index in [1.165, 1.54) is 4.90 Å². The lowest BCUT2D eigenvalue weighted by molar-refractivity contribution is -0.161. The summed E-state index contributed by atoms with van der Waals surface area (Å²) in [6, 6.07) is 14.3. The van der Waals surface area contributed by atoms with Crippen LogP contribution in [0.5, 0.6) is 0 Å². The van der Waals surface area contributed by atoms with E-state index in [-0.39, 0.29) is 38.4 Å². The SMILES string of the molecule is C[C@H]1NC(=O)CC/C=C\CN(c2ccc(Cl)cc2)C(=O)[C@@H]2N(CCCO)C(=O)[C@H]3[C@H](C(=O)O[C@@H]1c1ccccc1)[C@@H]1C=C[C@]23O1. The molecular weight excluding hydrogens is 598 g/mol. The Morgan fingerprint density at radius 2 is 1.78 bits per heavy atom. The molecule has 7 atom stereocenters. The van der Waals surface area contributed by atoms with Gasteiger partial charge >= 0.3 is 5.97 Å². The van der Waals surface area contributed by atoms with Crippen molar-refractivity contribution in [2.45, 2.75) is 56.1 Å². The number of esters is 1. The van der Waals surface area contributed by atoms with Crippen molar-refractivity contribution in [2.24, 2.45) is 11.8 Å². The Bertz CT molecular complexity index is 1510. The molecule has 10 nitrogen and oxygen atoms in total. The van der Waals surface area contributed by atoms with Crippen molar-refractivity contribution in [3.05, 3.63) is 89.5 Å². The van der Waals surface area contributed by atoms with Crippen LogP contribution in [0.25, 0.3) is 0 Å². The van der Waals surface area contributed by atoms with Crippen molar-refractivity contribution in [1.82, 2.24) is 10.2 Å². The summed E-state index contributed by atoms with van der Waals surface area (Å²) in [6.45, 7) is 1.86. The number of ether oxygens (including phenoxy) is 2. The van der Waals surface area contributed by atoms with Gasteiger partial charge in [-0.1, -0.05) is 66.2 Å². The average molecular weight is 634 g/mol. The number of allylic oxidation sites excluding steroid dienone is 1. The summed E-state index contributed by atoms with van der Waals surface area (Å²) in [5, 5.41) is 13.1. The highest BCUT2D eigenvalue weighted by molar-refractivity contribution is 6.30. The zero-order valence-corrected chi connectivity index (χ0v) is 25.6. The zero-order valence-electron chi connectivity index (χ0n) is 24.9. The Hall–Kier alpha value is -3.99. The van der Waals surface area contributed by atoms with Crippen molar-refractivity contribution < 1.29 is 33.8 Å². The molecule has 4 aliphatic rings. The number of carbonyl (C=O) groups excluding carboxylic acids is 4. The summed E-state index contributed by atoms with van der Waals surface area (Å²) in [6.07, 6.45) is 6.39. The Morgan fingerprint density at radius 3 is 2.51 bits per heavy atom. The third-order valence-electron chi connectivity index (χ3n) is 9.05. The monoisotopic (exact) mass is 633 g/mol. The van der Waals surface area contributed by atoms with Gasteiger partial charge in [-0.3, -0.25) is 19.2 Å². The van der Waals surface area contributed by atoms with E-state index in [9.17, 15) is 24.3 Å². The summed E-state index contributed by atoms with van der Waals surface area (Å²) < 4.78 is 12.6. The summed E-state index contributed by atoms with van der Waals surface area (Å²) in [7, 11) is 0. The molecule has 2 aromatic rings. The van der Waals surface area contributed by atoms with Crippen LogP contribution >= 0.6 is 11.6 Å². The number of hydrogen-bond donors (Lipinski definition) is 2. The molecule has 0 radical (unpaired) electrons. The minimum absolute atomic E-state index is 0.105. The lowest BCUT2D eigenvalue weighted by Gasteiger charge is -2.36. The Morgan fingerprint density at radius 1 is 1.02 bits per heavy atom. The number of halogens is 1. The summed E-state index contributed by atoms with van der Waals surface area (Å²) in [5.74, 6) is -3.67. The van der Waals surface area contributed by atoms with Crippen molar-refractivity contribution in [2.75, 3.05) is 24.6 Å². The molecule has 45 heavy (non-hydrogen) atoms. The van der Waals surface area contributed by atoms with E-state index in [0.29, 0.717) is 22.7 Å². The van der Waals surface area contributed by atoms with E-state index >= 15 is 0 Å². The first-order chi connectivity index (χ1) is 21.7. The van der Waals surface area contributed by atoms with Crippen LogP contribution in [0.2, 0.25) is 5.02 Å². The summed E-state index contributed by atoms with van der Waals surface area (Å²) >= 11 is 6.15. The van der Waals surface area contributed by atoms with Crippen LogP contribution in [0.15, 0.2) is 78.9 Å². The molecule has 2 N–H and O–H groups in total. The predicted molar refractivity (Wildman–Crippen MR) is 166 cm³/mol. The maximum Gasteiger partial charge on any atom is 0.313 e. The number of fused-ring (bicyclic) bond motifs is 2. The number of aliphatic hydroxyl groups excluding tert-OH is 1. The number of benzene rings is 2. The highest BCUT2D eigenvalue weighted by Crippen LogP contribution is 2.56. The van der Waals surface area contributed by atoms with E-state index in [4.69, 9.17) is 21.1 Å². The molecule has 5 bridgehead atoms. The molecule has 0 aromatic heterocycles. The van der Waals surface area contributed by atoms with Gasteiger partial charge < -0.3 is 29.7 Å². The van der Waals surface area contributed by atoms with Crippen LogP contribution < -0.4 is 10.2 Å². The van der Waals surface area contributed by atoms with Gasteiger partial charge in [0, 0.05) is 36.8 Å².